The number of aliphatic hydroxyl groups is 3. The first-order valence-electron chi connectivity index (χ1n) is 9.66. The molecule has 0 aliphatic heterocycles. The smallest absolute Gasteiger partial charge is 0.190 e. The summed E-state index contributed by atoms with van der Waals surface area (Å²) in [7, 11) is 0. The number of hydrogen-bond acceptors (Lipinski definition) is 5. The Balaban J connectivity index is 1.75. The summed E-state index contributed by atoms with van der Waals surface area (Å²) in [6.45, 7) is 3.34. The van der Waals surface area contributed by atoms with Crippen LogP contribution in [0.5, 0.6) is 0 Å². The maximum absolute atomic E-state index is 12.4. The Bertz CT molecular complexity index is 724. The molecule has 0 aromatic carbocycles. The molecule has 0 amide bonds. The second-order valence-electron chi connectivity index (χ2n) is 9.19. The summed E-state index contributed by atoms with van der Waals surface area (Å²) < 4.78 is 0. The average Bonchev–Trinajstić information content (AvgIpc) is 2.86. The zero-order valence-electron chi connectivity index (χ0n) is 15.4. The molecule has 142 valence electrons. The van der Waals surface area contributed by atoms with E-state index in [0.717, 1.165) is 24.8 Å². The number of carbonyl (C=O) groups is 2. The Hall–Kier alpha value is -1.30. The number of hydrogen-bond donors (Lipinski definition) is 3. The highest BCUT2D eigenvalue weighted by molar-refractivity contribution is 6.01. The first-order valence-corrected chi connectivity index (χ1v) is 9.66. The number of fused-ring (bicyclic) bond motifs is 5. The molecule has 7 atom stereocenters. The van der Waals surface area contributed by atoms with Crippen molar-refractivity contribution in [1.29, 1.82) is 0 Å². The van der Waals surface area contributed by atoms with Gasteiger partial charge in [0.05, 0.1) is 6.10 Å². The van der Waals surface area contributed by atoms with Crippen LogP contribution < -0.4 is 0 Å². The van der Waals surface area contributed by atoms with E-state index >= 15 is 0 Å². The van der Waals surface area contributed by atoms with E-state index in [4.69, 9.17) is 0 Å². The minimum Gasteiger partial charge on any atom is -0.393 e. The van der Waals surface area contributed by atoms with Gasteiger partial charge in [-0.1, -0.05) is 25.5 Å². The third kappa shape index (κ3) is 2.08. The first kappa shape index (κ1) is 18.1. The van der Waals surface area contributed by atoms with Crippen LogP contribution in [0.4, 0.5) is 0 Å². The molecule has 0 spiro atoms. The second kappa shape index (κ2) is 5.60. The Morgan fingerprint density at radius 3 is 2.73 bits per heavy atom. The van der Waals surface area contributed by atoms with Crippen LogP contribution in [0.2, 0.25) is 0 Å². The standard InChI is InChI=1S/C21H28O5/c1-19-7-5-13(23)9-12(19)3-4-14-15-6-8-21(26,17(25)11-22)20(15,2)10-16(24)18(14)19/h5,7,9,14-16,18,22,24,26H,3-4,6,8,10-11H2,1-2H3/t14-,15+,16+,18+,19+,20+,21-/m0/s1. The molecule has 3 fully saturated rings. The Labute approximate surface area is 153 Å². The summed E-state index contributed by atoms with van der Waals surface area (Å²) in [6, 6.07) is 0. The highest BCUT2D eigenvalue weighted by Crippen LogP contribution is 2.67. The van der Waals surface area contributed by atoms with Gasteiger partial charge in [0.1, 0.15) is 12.2 Å². The van der Waals surface area contributed by atoms with Gasteiger partial charge in [0.2, 0.25) is 0 Å². The van der Waals surface area contributed by atoms with Crippen molar-refractivity contribution >= 4 is 11.6 Å². The lowest BCUT2D eigenvalue weighted by atomic mass is 9.46. The number of aliphatic hydroxyl groups excluding tert-OH is 2. The average molecular weight is 360 g/mol. The fourth-order valence-corrected chi connectivity index (χ4v) is 6.92. The zero-order chi connectivity index (χ0) is 18.9. The predicted molar refractivity (Wildman–Crippen MR) is 95.0 cm³/mol. The van der Waals surface area contributed by atoms with Crippen molar-refractivity contribution in [3.05, 3.63) is 23.8 Å². The van der Waals surface area contributed by atoms with Gasteiger partial charge in [-0.15, -0.1) is 0 Å². The van der Waals surface area contributed by atoms with Crippen molar-refractivity contribution in [2.75, 3.05) is 6.61 Å². The molecule has 0 unspecified atom stereocenters. The molecule has 0 heterocycles. The highest BCUT2D eigenvalue weighted by Gasteiger charge is 2.67. The molecule has 0 aromatic rings. The minimum absolute atomic E-state index is 0.00912. The molecule has 0 saturated heterocycles. The zero-order valence-corrected chi connectivity index (χ0v) is 15.4. The molecule has 4 aliphatic rings. The highest BCUT2D eigenvalue weighted by atomic mass is 16.3. The molecular weight excluding hydrogens is 332 g/mol. The van der Waals surface area contributed by atoms with Gasteiger partial charge in [0, 0.05) is 16.7 Å². The van der Waals surface area contributed by atoms with E-state index in [1.165, 1.54) is 0 Å². The number of ketones is 2. The Morgan fingerprint density at radius 1 is 1.31 bits per heavy atom. The molecular formula is C21H28O5. The van der Waals surface area contributed by atoms with Crippen LogP contribution in [0.15, 0.2) is 23.8 Å². The lowest BCUT2D eigenvalue weighted by molar-refractivity contribution is -0.178. The lowest BCUT2D eigenvalue weighted by Crippen LogP contribution is -2.61. The van der Waals surface area contributed by atoms with E-state index in [9.17, 15) is 24.9 Å². The second-order valence-corrected chi connectivity index (χ2v) is 9.19. The molecule has 0 bridgehead atoms. The summed E-state index contributed by atoms with van der Waals surface area (Å²) >= 11 is 0. The van der Waals surface area contributed by atoms with Crippen LogP contribution in [0.3, 0.4) is 0 Å². The fraction of sp³-hybridized carbons (Fsp3) is 0.714. The topological polar surface area (TPSA) is 94.8 Å². The quantitative estimate of drug-likeness (QED) is 0.695. The Morgan fingerprint density at radius 2 is 2.04 bits per heavy atom. The molecule has 0 aromatic heterocycles. The van der Waals surface area contributed by atoms with Gasteiger partial charge in [-0.25, -0.2) is 0 Å². The molecule has 5 nitrogen and oxygen atoms in total. The molecule has 4 rings (SSSR count). The molecule has 26 heavy (non-hydrogen) atoms. The van der Waals surface area contributed by atoms with E-state index in [-0.39, 0.29) is 29.0 Å². The third-order valence-electron chi connectivity index (χ3n) is 8.25. The number of rotatable bonds is 2. The summed E-state index contributed by atoms with van der Waals surface area (Å²) in [4.78, 5) is 24.2. The van der Waals surface area contributed by atoms with Crippen molar-refractivity contribution in [2.45, 2.75) is 57.7 Å². The van der Waals surface area contributed by atoms with E-state index in [2.05, 4.69) is 6.92 Å². The van der Waals surface area contributed by atoms with Crippen LogP contribution in [-0.2, 0) is 9.59 Å². The van der Waals surface area contributed by atoms with Crippen molar-refractivity contribution < 1.29 is 24.9 Å². The lowest BCUT2D eigenvalue weighted by Gasteiger charge is -2.59. The third-order valence-corrected chi connectivity index (χ3v) is 8.25. The molecule has 4 aliphatic carbocycles. The van der Waals surface area contributed by atoms with Crippen molar-refractivity contribution in [3.63, 3.8) is 0 Å². The first-order chi connectivity index (χ1) is 12.2. The summed E-state index contributed by atoms with van der Waals surface area (Å²) in [6.07, 6.45) is 7.68. The van der Waals surface area contributed by atoms with Gasteiger partial charge in [-0.3, -0.25) is 9.59 Å². The van der Waals surface area contributed by atoms with Gasteiger partial charge in [0.25, 0.3) is 0 Å². The van der Waals surface area contributed by atoms with E-state index in [1.54, 1.807) is 12.2 Å². The largest absolute Gasteiger partial charge is 0.393 e. The summed E-state index contributed by atoms with van der Waals surface area (Å²) in [5.74, 6) is -0.227. The van der Waals surface area contributed by atoms with Crippen molar-refractivity contribution in [2.24, 2.45) is 28.6 Å². The molecule has 3 N–H and O–H groups in total. The van der Waals surface area contributed by atoms with E-state index in [1.807, 2.05) is 13.0 Å². The number of carbonyl (C=O) groups excluding carboxylic acids is 2. The number of allylic oxidation sites excluding steroid dienone is 4. The summed E-state index contributed by atoms with van der Waals surface area (Å²) in [5.41, 5.74) is -1.54. The molecule has 5 heteroatoms. The van der Waals surface area contributed by atoms with Gasteiger partial charge in [0.15, 0.2) is 11.6 Å². The van der Waals surface area contributed by atoms with Gasteiger partial charge < -0.3 is 15.3 Å². The van der Waals surface area contributed by atoms with E-state index in [0.29, 0.717) is 12.8 Å². The van der Waals surface area contributed by atoms with Crippen LogP contribution in [-0.4, -0.2) is 45.2 Å². The maximum atomic E-state index is 12.4. The van der Waals surface area contributed by atoms with E-state index < -0.39 is 29.5 Å². The van der Waals surface area contributed by atoms with Crippen LogP contribution in [0.25, 0.3) is 0 Å². The maximum Gasteiger partial charge on any atom is 0.190 e. The van der Waals surface area contributed by atoms with Crippen LogP contribution in [0, 0.1) is 28.6 Å². The van der Waals surface area contributed by atoms with Gasteiger partial charge >= 0.3 is 0 Å². The van der Waals surface area contributed by atoms with Crippen LogP contribution >= 0.6 is 0 Å². The van der Waals surface area contributed by atoms with Crippen molar-refractivity contribution in [1.82, 2.24) is 0 Å². The summed E-state index contributed by atoms with van der Waals surface area (Å²) in [5, 5.41) is 31.7. The normalized spacial score (nSPS) is 49.9. The van der Waals surface area contributed by atoms with Crippen LogP contribution in [0.1, 0.15) is 46.0 Å². The monoisotopic (exact) mass is 360 g/mol. The minimum atomic E-state index is -1.56. The van der Waals surface area contributed by atoms with Gasteiger partial charge in [-0.2, -0.15) is 0 Å². The molecule has 0 radical (unpaired) electrons. The van der Waals surface area contributed by atoms with Gasteiger partial charge in [-0.05, 0) is 56.1 Å². The number of Topliss-reactive ketones (excluding diaryl/α,β-unsaturated/α-hetero) is 1. The predicted octanol–water partition coefficient (Wildman–Crippen LogP) is 1.56. The SMILES string of the molecule is C[C@@]12C=CC(=O)C=C1CC[C@@H]1[C@@H]2[C@H](O)C[C@]2(C)[C@@H]1CC[C@]2(O)C(=O)CO. The van der Waals surface area contributed by atoms with Crippen molar-refractivity contribution in [3.8, 4) is 0 Å². The fourth-order valence-electron chi connectivity index (χ4n) is 6.92. The Kier molecular flexibility index (Phi) is 3.89. The molecule has 3 saturated carbocycles.